The van der Waals surface area contributed by atoms with Crippen LogP contribution < -0.4 is 5.32 Å². The molecule has 0 aliphatic heterocycles. The minimum atomic E-state index is -3.20. The van der Waals surface area contributed by atoms with Crippen LogP contribution in [0.5, 0.6) is 0 Å². The molecule has 0 saturated heterocycles. The molecule has 0 radical (unpaired) electrons. The van der Waals surface area contributed by atoms with Crippen LogP contribution in [0, 0.1) is 0 Å². The molecule has 0 atom stereocenters. The summed E-state index contributed by atoms with van der Waals surface area (Å²) in [6, 6.07) is 8.95. The standard InChI is InChI=1S/C11H15NO3S/c1-12-11(13)7-8-16(14,15)9-10-5-3-2-4-6-10/h2-6H,7-9H2,1H3,(H,12,13). The molecule has 4 nitrogen and oxygen atoms in total. The van der Waals surface area contributed by atoms with E-state index in [2.05, 4.69) is 5.32 Å². The first-order valence-corrected chi connectivity index (χ1v) is 6.80. The van der Waals surface area contributed by atoms with Gasteiger partial charge in [-0.15, -0.1) is 0 Å². The highest BCUT2D eigenvalue weighted by atomic mass is 32.2. The van der Waals surface area contributed by atoms with Crippen molar-refractivity contribution in [1.29, 1.82) is 0 Å². The maximum absolute atomic E-state index is 11.6. The average molecular weight is 241 g/mol. The van der Waals surface area contributed by atoms with Crippen molar-refractivity contribution in [3.63, 3.8) is 0 Å². The number of nitrogens with one attached hydrogen (secondary N) is 1. The van der Waals surface area contributed by atoms with E-state index in [1.165, 1.54) is 7.05 Å². The maximum Gasteiger partial charge on any atom is 0.220 e. The Kier molecular flexibility index (Phi) is 4.49. The van der Waals surface area contributed by atoms with Crippen LogP contribution in [0.2, 0.25) is 0 Å². The summed E-state index contributed by atoms with van der Waals surface area (Å²) in [6.07, 6.45) is 0.0195. The van der Waals surface area contributed by atoms with Gasteiger partial charge in [-0.3, -0.25) is 4.79 Å². The Balaban J connectivity index is 2.56. The molecular weight excluding hydrogens is 226 g/mol. The summed E-state index contributed by atoms with van der Waals surface area (Å²) in [5.41, 5.74) is 0.749. The first kappa shape index (κ1) is 12.7. The zero-order valence-corrected chi connectivity index (χ0v) is 9.96. The van der Waals surface area contributed by atoms with Gasteiger partial charge in [0.15, 0.2) is 9.84 Å². The van der Waals surface area contributed by atoms with Gasteiger partial charge in [-0.1, -0.05) is 30.3 Å². The molecule has 1 rings (SSSR count). The van der Waals surface area contributed by atoms with Crippen molar-refractivity contribution in [2.45, 2.75) is 12.2 Å². The van der Waals surface area contributed by atoms with E-state index in [0.29, 0.717) is 0 Å². The molecule has 5 heteroatoms. The summed E-state index contributed by atoms with van der Waals surface area (Å²) in [5.74, 6) is -0.372. The number of hydrogen-bond donors (Lipinski definition) is 1. The Morgan fingerprint density at radius 2 is 1.88 bits per heavy atom. The maximum atomic E-state index is 11.6. The summed E-state index contributed by atoms with van der Waals surface area (Å²) in [7, 11) is -1.71. The van der Waals surface area contributed by atoms with Crippen molar-refractivity contribution in [3.05, 3.63) is 35.9 Å². The highest BCUT2D eigenvalue weighted by Crippen LogP contribution is 2.06. The van der Waals surface area contributed by atoms with Gasteiger partial charge in [-0.2, -0.15) is 0 Å². The molecule has 1 amide bonds. The molecule has 0 aliphatic rings. The molecule has 0 fully saturated rings. The zero-order chi connectivity index (χ0) is 12.0. The van der Waals surface area contributed by atoms with E-state index in [0.717, 1.165) is 5.56 Å². The SMILES string of the molecule is CNC(=O)CCS(=O)(=O)Cc1ccccc1. The van der Waals surface area contributed by atoms with E-state index >= 15 is 0 Å². The molecule has 16 heavy (non-hydrogen) atoms. The molecule has 1 aromatic rings. The number of carbonyl (C=O) groups excluding carboxylic acids is 1. The molecule has 0 saturated carbocycles. The predicted molar refractivity (Wildman–Crippen MR) is 62.6 cm³/mol. The Morgan fingerprint density at radius 1 is 1.25 bits per heavy atom. The Morgan fingerprint density at radius 3 is 2.44 bits per heavy atom. The van der Waals surface area contributed by atoms with Crippen LogP contribution in [0.25, 0.3) is 0 Å². The van der Waals surface area contributed by atoms with Crippen molar-refractivity contribution < 1.29 is 13.2 Å². The van der Waals surface area contributed by atoms with Crippen LogP contribution in [0.4, 0.5) is 0 Å². The van der Waals surface area contributed by atoms with Crippen LogP contribution in [0.1, 0.15) is 12.0 Å². The third-order valence-corrected chi connectivity index (χ3v) is 3.75. The van der Waals surface area contributed by atoms with Gasteiger partial charge in [0.1, 0.15) is 0 Å². The summed E-state index contributed by atoms with van der Waals surface area (Å²) in [6.45, 7) is 0. The van der Waals surface area contributed by atoms with Crippen molar-refractivity contribution >= 4 is 15.7 Å². The van der Waals surface area contributed by atoms with Crippen molar-refractivity contribution in [2.75, 3.05) is 12.8 Å². The third-order valence-electron chi connectivity index (χ3n) is 2.15. The lowest BCUT2D eigenvalue weighted by molar-refractivity contribution is -0.120. The normalized spacial score (nSPS) is 11.1. The fourth-order valence-electron chi connectivity index (χ4n) is 1.27. The van der Waals surface area contributed by atoms with E-state index in [1.807, 2.05) is 6.07 Å². The summed E-state index contributed by atoms with van der Waals surface area (Å²) >= 11 is 0. The number of benzene rings is 1. The lowest BCUT2D eigenvalue weighted by atomic mass is 10.2. The molecule has 0 spiro atoms. The highest BCUT2D eigenvalue weighted by Gasteiger charge is 2.13. The van der Waals surface area contributed by atoms with Gasteiger partial charge >= 0.3 is 0 Å². The fraction of sp³-hybridized carbons (Fsp3) is 0.364. The number of carbonyl (C=O) groups is 1. The van der Waals surface area contributed by atoms with Gasteiger partial charge in [0, 0.05) is 13.5 Å². The second-order valence-electron chi connectivity index (χ2n) is 3.50. The smallest absolute Gasteiger partial charge is 0.220 e. The van der Waals surface area contributed by atoms with Gasteiger partial charge in [0.25, 0.3) is 0 Å². The predicted octanol–water partition coefficient (Wildman–Crippen LogP) is 0.737. The fourth-order valence-corrected chi connectivity index (χ4v) is 2.61. The molecule has 0 bridgehead atoms. The molecule has 0 unspecified atom stereocenters. The van der Waals surface area contributed by atoms with Gasteiger partial charge in [-0.05, 0) is 5.56 Å². The summed E-state index contributed by atoms with van der Waals surface area (Å²) < 4.78 is 23.3. The third kappa shape index (κ3) is 4.44. The van der Waals surface area contributed by atoms with Gasteiger partial charge in [0.05, 0.1) is 11.5 Å². The Hall–Kier alpha value is -1.36. The topological polar surface area (TPSA) is 63.2 Å². The first-order valence-electron chi connectivity index (χ1n) is 4.98. The van der Waals surface area contributed by atoms with Crippen LogP contribution in [0.3, 0.4) is 0 Å². The molecule has 0 heterocycles. The van der Waals surface area contributed by atoms with Crippen LogP contribution in [-0.2, 0) is 20.4 Å². The minimum Gasteiger partial charge on any atom is -0.359 e. The van der Waals surface area contributed by atoms with E-state index in [1.54, 1.807) is 24.3 Å². The van der Waals surface area contributed by atoms with E-state index in [4.69, 9.17) is 0 Å². The first-order chi connectivity index (χ1) is 7.53. The highest BCUT2D eigenvalue weighted by molar-refractivity contribution is 7.90. The van der Waals surface area contributed by atoms with Crippen LogP contribution in [-0.4, -0.2) is 27.1 Å². The molecular formula is C11H15NO3S. The Labute approximate surface area is 95.6 Å². The van der Waals surface area contributed by atoms with E-state index in [9.17, 15) is 13.2 Å². The molecule has 0 aromatic heterocycles. The van der Waals surface area contributed by atoms with Gasteiger partial charge < -0.3 is 5.32 Å². The minimum absolute atomic E-state index is 0.00909. The average Bonchev–Trinajstić information content (AvgIpc) is 2.27. The van der Waals surface area contributed by atoms with Crippen molar-refractivity contribution in [2.24, 2.45) is 0 Å². The largest absolute Gasteiger partial charge is 0.359 e. The Bertz CT molecular complexity index is 440. The van der Waals surface area contributed by atoms with Gasteiger partial charge in [0.2, 0.25) is 5.91 Å². The number of hydrogen-bond acceptors (Lipinski definition) is 3. The number of rotatable bonds is 5. The molecule has 0 aliphatic carbocycles. The van der Waals surface area contributed by atoms with Crippen LogP contribution in [0.15, 0.2) is 30.3 Å². The molecule has 88 valence electrons. The van der Waals surface area contributed by atoms with Crippen molar-refractivity contribution in [1.82, 2.24) is 5.32 Å². The molecule has 1 N–H and O–H groups in total. The van der Waals surface area contributed by atoms with E-state index < -0.39 is 9.84 Å². The second kappa shape index (κ2) is 5.65. The monoisotopic (exact) mass is 241 g/mol. The second-order valence-corrected chi connectivity index (χ2v) is 5.68. The number of sulfone groups is 1. The zero-order valence-electron chi connectivity index (χ0n) is 9.14. The lowest BCUT2D eigenvalue weighted by Gasteiger charge is -2.03. The quantitative estimate of drug-likeness (QED) is 0.827. The summed E-state index contributed by atoms with van der Waals surface area (Å²) in [4.78, 5) is 10.9. The number of amides is 1. The van der Waals surface area contributed by atoms with Crippen molar-refractivity contribution in [3.8, 4) is 0 Å². The van der Waals surface area contributed by atoms with Gasteiger partial charge in [-0.25, -0.2) is 8.42 Å². The summed E-state index contributed by atoms with van der Waals surface area (Å²) in [5, 5.41) is 2.40. The molecule has 1 aromatic carbocycles. The lowest BCUT2D eigenvalue weighted by Crippen LogP contribution is -2.22. The van der Waals surface area contributed by atoms with Crippen LogP contribution >= 0.6 is 0 Å². The van der Waals surface area contributed by atoms with E-state index in [-0.39, 0.29) is 23.8 Å².